The lowest BCUT2D eigenvalue weighted by Gasteiger charge is -2.21. The first-order valence-electron chi connectivity index (χ1n) is 35.0. The molecule has 6 atom stereocenters. The van der Waals surface area contributed by atoms with E-state index in [4.69, 9.17) is 37.0 Å². The second kappa shape index (κ2) is 59.4. The second-order valence-electron chi connectivity index (χ2n) is 24.9. The third-order valence-corrected chi connectivity index (χ3v) is 17.7. The minimum Gasteiger partial charge on any atom is -0.462 e. The largest absolute Gasteiger partial charge is 0.472 e. The fourth-order valence-electron chi connectivity index (χ4n) is 10.0. The summed E-state index contributed by atoms with van der Waals surface area (Å²) in [6.45, 7) is 9.49. The van der Waals surface area contributed by atoms with E-state index < -0.39 is 97.5 Å². The predicted molar refractivity (Wildman–Crippen MR) is 345 cm³/mol. The number of phosphoric ester groups is 2. The van der Waals surface area contributed by atoms with Gasteiger partial charge in [-0.05, 0) is 37.5 Å². The van der Waals surface area contributed by atoms with E-state index in [9.17, 15) is 43.2 Å². The standard InChI is InChI=1S/C67H130O17P2/c1-7-10-12-14-16-17-18-19-20-26-32-38-44-50-65(70)78-56-63(84-66(71)51-45-39-33-27-22-21-25-31-36-42-48-60(6)9-3)58-82-86(75,76)80-54-61(68)53-79-85(73,74)81-57-62(55-77-64(69)49-43-37-29-15-13-11-8-2)83-67(72)52-46-40-34-28-23-24-30-35-41-47-59(4)5/h59-63,68H,7-58H2,1-6H3,(H,73,74)(H,75,76)/t60?,61-,62+,63+/m0/s1. The van der Waals surface area contributed by atoms with Crippen molar-refractivity contribution in [1.29, 1.82) is 0 Å². The highest BCUT2D eigenvalue weighted by Gasteiger charge is 2.30. The zero-order chi connectivity index (χ0) is 63.6. The molecule has 19 heteroatoms. The molecule has 0 aromatic heterocycles. The molecule has 0 aromatic rings. The lowest BCUT2D eigenvalue weighted by molar-refractivity contribution is -0.161. The Balaban J connectivity index is 5.22. The van der Waals surface area contributed by atoms with Gasteiger partial charge in [0.15, 0.2) is 12.2 Å². The minimum atomic E-state index is -4.95. The quantitative estimate of drug-likeness (QED) is 0.0222. The fraction of sp³-hybridized carbons (Fsp3) is 0.940. The molecule has 0 aliphatic carbocycles. The molecule has 0 rings (SSSR count). The zero-order valence-corrected chi connectivity index (χ0v) is 57.4. The number of unbranched alkanes of at least 4 members (excludes halogenated alkanes) is 35. The summed E-state index contributed by atoms with van der Waals surface area (Å²) in [6, 6.07) is 0. The monoisotopic (exact) mass is 1270 g/mol. The van der Waals surface area contributed by atoms with Crippen molar-refractivity contribution in [2.75, 3.05) is 39.6 Å². The summed E-state index contributed by atoms with van der Waals surface area (Å²) in [5, 5.41) is 10.6. The third kappa shape index (κ3) is 59.7. The van der Waals surface area contributed by atoms with Crippen molar-refractivity contribution >= 4 is 39.5 Å². The van der Waals surface area contributed by atoms with Crippen LogP contribution in [0.4, 0.5) is 0 Å². The van der Waals surface area contributed by atoms with Gasteiger partial charge in [-0.1, -0.05) is 286 Å². The van der Waals surface area contributed by atoms with Gasteiger partial charge in [0, 0.05) is 25.7 Å². The number of esters is 4. The molecule has 0 fully saturated rings. The predicted octanol–water partition coefficient (Wildman–Crippen LogP) is 18.8. The minimum absolute atomic E-state index is 0.105. The molecule has 0 spiro atoms. The number of aliphatic hydroxyl groups excluding tert-OH is 1. The average molecular weight is 1270 g/mol. The van der Waals surface area contributed by atoms with Crippen LogP contribution in [0, 0.1) is 11.8 Å². The van der Waals surface area contributed by atoms with Crippen LogP contribution < -0.4 is 0 Å². The maximum Gasteiger partial charge on any atom is 0.472 e. The number of aliphatic hydroxyl groups is 1. The van der Waals surface area contributed by atoms with E-state index in [1.165, 1.54) is 141 Å². The Morgan fingerprint density at radius 1 is 0.337 bits per heavy atom. The number of ether oxygens (including phenoxy) is 4. The maximum absolute atomic E-state index is 13.0. The van der Waals surface area contributed by atoms with Gasteiger partial charge in [0.1, 0.15) is 19.3 Å². The molecule has 0 saturated heterocycles. The highest BCUT2D eigenvalue weighted by Crippen LogP contribution is 2.45. The molecule has 0 heterocycles. The summed E-state index contributed by atoms with van der Waals surface area (Å²) in [5.74, 6) is -0.593. The Labute approximate surface area is 524 Å². The van der Waals surface area contributed by atoms with Gasteiger partial charge in [-0.3, -0.25) is 37.3 Å². The third-order valence-electron chi connectivity index (χ3n) is 15.8. The van der Waals surface area contributed by atoms with Crippen molar-refractivity contribution in [2.45, 2.75) is 355 Å². The smallest absolute Gasteiger partial charge is 0.462 e. The molecule has 0 saturated carbocycles. The van der Waals surface area contributed by atoms with Crippen LogP contribution in [0.3, 0.4) is 0 Å². The van der Waals surface area contributed by atoms with E-state index in [2.05, 4.69) is 41.5 Å². The van der Waals surface area contributed by atoms with E-state index in [1.807, 2.05) is 0 Å². The van der Waals surface area contributed by atoms with Crippen LogP contribution in [0.15, 0.2) is 0 Å². The molecule has 3 unspecified atom stereocenters. The molecule has 0 aliphatic heterocycles. The van der Waals surface area contributed by atoms with Gasteiger partial charge in [0.05, 0.1) is 26.4 Å². The van der Waals surface area contributed by atoms with Gasteiger partial charge in [-0.2, -0.15) is 0 Å². The van der Waals surface area contributed by atoms with Crippen molar-refractivity contribution in [2.24, 2.45) is 11.8 Å². The van der Waals surface area contributed by atoms with Crippen LogP contribution in [0.5, 0.6) is 0 Å². The van der Waals surface area contributed by atoms with Crippen LogP contribution in [-0.4, -0.2) is 96.7 Å². The van der Waals surface area contributed by atoms with E-state index >= 15 is 0 Å². The van der Waals surface area contributed by atoms with Crippen LogP contribution in [0.25, 0.3) is 0 Å². The lowest BCUT2D eigenvalue weighted by Crippen LogP contribution is -2.30. The van der Waals surface area contributed by atoms with E-state index in [1.54, 1.807) is 0 Å². The Kier molecular flexibility index (Phi) is 58.0. The van der Waals surface area contributed by atoms with E-state index in [0.29, 0.717) is 25.7 Å². The number of rotatable bonds is 66. The Morgan fingerprint density at radius 2 is 0.593 bits per heavy atom. The van der Waals surface area contributed by atoms with Crippen molar-refractivity contribution in [1.82, 2.24) is 0 Å². The highest BCUT2D eigenvalue weighted by molar-refractivity contribution is 7.47. The average Bonchev–Trinajstić information content (AvgIpc) is 3.54. The summed E-state index contributed by atoms with van der Waals surface area (Å²) in [4.78, 5) is 72.3. The van der Waals surface area contributed by atoms with Gasteiger partial charge in [-0.25, -0.2) is 9.13 Å². The van der Waals surface area contributed by atoms with Crippen molar-refractivity contribution in [3.05, 3.63) is 0 Å². The van der Waals surface area contributed by atoms with Crippen molar-refractivity contribution < 1.29 is 80.2 Å². The normalized spacial score (nSPS) is 14.5. The van der Waals surface area contributed by atoms with Crippen LogP contribution >= 0.6 is 15.6 Å². The molecule has 0 aromatic carbocycles. The molecular formula is C67H130O17P2. The molecule has 86 heavy (non-hydrogen) atoms. The fourth-order valence-corrected chi connectivity index (χ4v) is 11.6. The number of phosphoric acid groups is 2. The molecule has 0 bridgehead atoms. The van der Waals surface area contributed by atoms with E-state index in [-0.39, 0.29) is 25.7 Å². The zero-order valence-electron chi connectivity index (χ0n) is 55.6. The lowest BCUT2D eigenvalue weighted by atomic mass is 9.99. The first-order valence-corrected chi connectivity index (χ1v) is 38.0. The Hall–Kier alpha value is -1.94. The molecule has 0 aliphatic rings. The summed E-state index contributed by atoms with van der Waals surface area (Å²) >= 11 is 0. The molecule has 3 N–H and O–H groups in total. The van der Waals surface area contributed by atoms with Gasteiger partial charge in [-0.15, -0.1) is 0 Å². The Morgan fingerprint density at radius 3 is 0.884 bits per heavy atom. The maximum atomic E-state index is 13.0. The molecule has 0 radical (unpaired) electrons. The number of carbonyl (C=O) groups excluding carboxylic acids is 4. The van der Waals surface area contributed by atoms with Crippen molar-refractivity contribution in [3.63, 3.8) is 0 Å². The molecule has 0 amide bonds. The molecular weight excluding hydrogens is 1140 g/mol. The van der Waals surface area contributed by atoms with Crippen molar-refractivity contribution in [3.8, 4) is 0 Å². The SMILES string of the molecule is CCCCCCCCCCCCCCCC(=O)OC[C@H](COP(=O)(O)OC[C@@H](O)COP(=O)(O)OC[C@@H](COC(=O)CCCCCCCCC)OC(=O)CCCCCCCCCCCC(C)C)OC(=O)CCCCCCCCCCCCC(C)CC. The van der Waals surface area contributed by atoms with Gasteiger partial charge in [0.2, 0.25) is 0 Å². The molecule has 17 nitrogen and oxygen atoms in total. The topological polar surface area (TPSA) is 237 Å². The van der Waals surface area contributed by atoms with Crippen LogP contribution in [0.2, 0.25) is 0 Å². The second-order valence-corrected chi connectivity index (χ2v) is 27.8. The van der Waals surface area contributed by atoms with Gasteiger partial charge < -0.3 is 33.8 Å². The first kappa shape index (κ1) is 84.1. The van der Waals surface area contributed by atoms with Gasteiger partial charge in [0.25, 0.3) is 0 Å². The number of carbonyl (C=O) groups is 4. The molecule has 510 valence electrons. The summed E-state index contributed by atoms with van der Waals surface area (Å²) in [5.41, 5.74) is 0. The summed E-state index contributed by atoms with van der Waals surface area (Å²) in [7, 11) is -9.89. The first-order chi connectivity index (χ1) is 41.4. The van der Waals surface area contributed by atoms with Crippen LogP contribution in [0.1, 0.15) is 337 Å². The number of hydrogen-bond donors (Lipinski definition) is 3. The van der Waals surface area contributed by atoms with Crippen LogP contribution in [-0.2, 0) is 65.4 Å². The highest BCUT2D eigenvalue weighted by atomic mass is 31.2. The summed E-state index contributed by atoms with van der Waals surface area (Å²) in [6.07, 6.45) is 43.0. The summed E-state index contributed by atoms with van der Waals surface area (Å²) < 4.78 is 68.1. The Bertz CT molecular complexity index is 1690. The number of hydrogen-bond acceptors (Lipinski definition) is 15. The van der Waals surface area contributed by atoms with E-state index in [0.717, 1.165) is 115 Å². The van der Waals surface area contributed by atoms with Gasteiger partial charge >= 0.3 is 39.5 Å².